The Morgan fingerprint density at radius 1 is 1.53 bits per heavy atom. The average Bonchev–Trinajstić information content (AvgIpc) is 2.71. The molecule has 2 rings (SSSR count). The van der Waals surface area contributed by atoms with Crippen LogP contribution >= 0.6 is 0 Å². The van der Waals surface area contributed by atoms with Crippen molar-refractivity contribution in [1.82, 2.24) is 10.3 Å². The maximum Gasteiger partial charge on any atom is 0.360 e. The number of hydrogen-bond donors (Lipinski definition) is 1. The number of nitrogens with zero attached hydrogens (tertiary/aromatic N) is 1. The minimum atomic E-state index is -0.436. The number of oxazole rings is 1. The van der Waals surface area contributed by atoms with Gasteiger partial charge in [0.2, 0.25) is 0 Å². The smallest absolute Gasteiger partial charge is 0.360 e. The monoisotopic (exact) mass is 238 g/mol. The Hall–Kier alpha value is -1.36. The molecule has 1 aromatic rings. The fourth-order valence-electron chi connectivity index (χ4n) is 2.09. The zero-order valence-corrected chi connectivity index (χ0v) is 10.4. The van der Waals surface area contributed by atoms with Crippen LogP contribution in [0, 0.1) is 6.92 Å². The van der Waals surface area contributed by atoms with Gasteiger partial charge in [-0.25, -0.2) is 9.78 Å². The maximum atomic E-state index is 11.4. The molecular formula is C12H18N2O3. The van der Waals surface area contributed by atoms with E-state index < -0.39 is 5.97 Å². The Morgan fingerprint density at radius 2 is 2.29 bits per heavy atom. The van der Waals surface area contributed by atoms with E-state index in [1.807, 2.05) is 0 Å². The van der Waals surface area contributed by atoms with Gasteiger partial charge in [-0.05, 0) is 26.7 Å². The van der Waals surface area contributed by atoms with Gasteiger partial charge in [-0.15, -0.1) is 0 Å². The molecule has 0 aliphatic carbocycles. The fourth-order valence-corrected chi connectivity index (χ4v) is 2.09. The number of piperidine rings is 1. The second-order valence-electron chi connectivity index (χ2n) is 4.53. The minimum absolute atomic E-state index is 0.253. The molecule has 94 valence electrons. The van der Waals surface area contributed by atoms with Crippen molar-refractivity contribution in [3.05, 3.63) is 17.3 Å². The first-order valence-electron chi connectivity index (χ1n) is 5.90. The van der Waals surface area contributed by atoms with E-state index in [9.17, 15) is 4.79 Å². The predicted octanol–water partition coefficient (Wildman–Crippen LogP) is 1.63. The van der Waals surface area contributed by atoms with Gasteiger partial charge in [0, 0.05) is 18.5 Å². The summed E-state index contributed by atoms with van der Waals surface area (Å²) in [5.41, 5.74) is 0.293. The third kappa shape index (κ3) is 2.49. The zero-order chi connectivity index (χ0) is 12.4. The molecule has 5 nitrogen and oxygen atoms in total. The summed E-state index contributed by atoms with van der Waals surface area (Å²) in [5.74, 6) is 0.991. The van der Waals surface area contributed by atoms with Gasteiger partial charge in [0.15, 0.2) is 11.6 Å². The van der Waals surface area contributed by atoms with Crippen molar-refractivity contribution in [3.8, 4) is 0 Å². The summed E-state index contributed by atoms with van der Waals surface area (Å²) in [5, 5.41) is 3.39. The van der Waals surface area contributed by atoms with Crippen molar-refractivity contribution >= 4 is 5.97 Å². The zero-order valence-electron chi connectivity index (χ0n) is 10.4. The molecule has 2 atom stereocenters. The molecule has 1 saturated heterocycles. The molecule has 0 aromatic carbocycles. The summed E-state index contributed by atoms with van der Waals surface area (Å²) in [7, 11) is 1.35. The lowest BCUT2D eigenvalue weighted by atomic mass is 9.95. The lowest BCUT2D eigenvalue weighted by Gasteiger charge is -2.25. The van der Waals surface area contributed by atoms with Gasteiger partial charge >= 0.3 is 5.97 Å². The summed E-state index contributed by atoms with van der Waals surface area (Å²) in [6, 6.07) is 0.544. The molecule has 17 heavy (non-hydrogen) atoms. The average molecular weight is 238 g/mol. The normalized spacial score (nSPS) is 24.6. The van der Waals surface area contributed by atoms with Crippen molar-refractivity contribution in [2.75, 3.05) is 13.7 Å². The molecular weight excluding hydrogens is 220 g/mol. The molecule has 5 heteroatoms. The standard InChI is InChI=1S/C12H18N2O3/c1-7-4-5-9(6-13-7)11-14-10(8(2)17-11)12(15)16-3/h7,9,13H,4-6H2,1-3H3/t7-,9-/m1/s1. The molecule has 2 heterocycles. The van der Waals surface area contributed by atoms with Crippen LogP contribution in [-0.2, 0) is 4.74 Å². The third-order valence-corrected chi connectivity index (χ3v) is 3.20. The number of rotatable bonds is 2. The van der Waals surface area contributed by atoms with Crippen molar-refractivity contribution < 1.29 is 13.9 Å². The summed E-state index contributed by atoms with van der Waals surface area (Å²) >= 11 is 0. The van der Waals surface area contributed by atoms with Crippen molar-refractivity contribution in [2.24, 2.45) is 0 Å². The topological polar surface area (TPSA) is 64.4 Å². The van der Waals surface area contributed by atoms with Gasteiger partial charge in [-0.1, -0.05) is 0 Å². The van der Waals surface area contributed by atoms with Gasteiger partial charge in [-0.2, -0.15) is 0 Å². The molecule has 1 aliphatic heterocycles. The number of methoxy groups -OCH3 is 1. The summed E-state index contributed by atoms with van der Waals surface area (Å²) in [4.78, 5) is 15.7. The lowest BCUT2D eigenvalue weighted by molar-refractivity contribution is 0.0593. The van der Waals surface area contributed by atoms with Crippen LogP contribution in [0.4, 0.5) is 0 Å². The number of carbonyl (C=O) groups excluding carboxylic acids is 1. The van der Waals surface area contributed by atoms with E-state index in [0.717, 1.165) is 19.4 Å². The minimum Gasteiger partial charge on any atom is -0.464 e. The van der Waals surface area contributed by atoms with Crippen molar-refractivity contribution in [1.29, 1.82) is 0 Å². The maximum absolute atomic E-state index is 11.4. The van der Waals surface area contributed by atoms with Crippen molar-refractivity contribution in [3.63, 3.8) is 0 Å². The van der Waals surface area contributed by atoms with Gasteiger partial charge in [0.05, 0.1) is 7.11 Å². The number of nitrogens with one attached hydrogen (secondary N) is 1. The summed E-state index contributed by atoms with van der Waals surface area (Å²) in [6.07, 6.45) is 2.13. The van der Waals surface area contributed by atoms with Gasteiger partial charge in [-0.3, -0.25) is 0 Å². The molecule has 1 aliphatic rings. The summed E-state index contributed by atoms with van der Waals surface area (Å²) in [6.45, 7) is 4.75. The molecule has 1 fully saturated rings. The number of esters is 1. The Bertz CT molecular complexity index is 406. The largest absolute Gasteiger partial charge is 0.464 e. The molecule has 0 amide bonds. The number of aromatic nitrogens is 1. The third-order valence-electron chi connectivity index (χ3n) is 3.20. The van der Waals surface area contributed by atoms with Crippen molar-refractivity contribution in [2.45, 2.75) is 38.6 Å². The van der Waals surface area contributed by atoms with E-state index in [2.05, 4.69) is 22.0 Å². The number of hydrogen-bond acceptors (Lipinski definition) is 5. The van der Waals surface area contributed by atoms with E-state index in [1.54, 1.807) is 6.92 Å². The Morgan fingerprint density at radius 3 is 2.88 bits per heavy atom. The second kappa shape index (κ2) is 4.87. The number of carbonyl (C=O) groups is 1. The first-order valence-corrected chi connectivity index (χ1v) is 5.90. The molecule has 0 radical (unpaired) electrons. The lowest BCUT2D eigenvalue weighted by Crippen LogP contribution is -2.35. The van der Waals surface area contributed by atoms with Crippen LogP contribution < -0.4 is 5.32 Å². The fraction of sp³-hybridized carbons (Fsp3) is 0.667. The molecule has 0 saturated carbocycles. The molecule has 0 bridgehead atoms. The van der Waals surface area contributed by atoms with E-state index in [1.165, 1.54) is 7.11 Å². The first kappa shape index (κ1) is 12.1. The predicted molar refractivity (Wildman–Crippen MR) is 62.0 cm³/mol. The van der Waals surface area contributed by atoms with Crippen LogP contribution in [0.3, 0.4) is 0 Å². The molecule has 1 N–H and O–H groups in total. The molecule has 1 aromatic heterocycles. The van der Waals surface area contributed by atoms with E-state index in [0.29, 0.717) is 23.4 Å². The van der Waals surface area contributed by atoms with Gasteiger partial charge in [0.1, 0.15) is 5.76 Å². The molecule has 0 spiro atoms. The highest BCUT2D eigenvalue weighted by atomic mass is 16.5. The van der Waals surface area contributed by atoms with Gasteiger partial charge in [0.25, 0.3) is 0 Å². The Kier molecular flexibility index (Phi) is 3.47. The van der Waals surface area contributed by atoms with Crippen LogP contribution in [0.1, 0.15) is 47.8 Å². The summed E-state index contributed by atoms with van der Waals surface area (Å²) < 4.78 is 10.2. The second-order valence-corrected chi connectivity index (χ2v) is 4.53. The molecule has 0 unspecified atom stereocenters. The van der Waals surface area contributed by atoms with E-state index >= 15 is 0 Å². The van der Waals surface area contributed by atoms with Gasteiger partial charge < -0.3 is 14.5 Å². The highest BCUT2D eigenvalue weighted by Crippen LogP contribution is 2.26. The highest BCUT2D eigenvalue weighted by molar-refractivity contribution is 5.88. The number of aryl methyl sites for hydroxylation is 1. The Labute approximate surface area is 101 Å². The van der Waals surface area contributed by atoms with Crippen LogP contribution in [0.25, 0.3) is 0 Å². The number of ether oxygens (including phenoxy) is 1. The van der Waals surface area contributed by atoms with Crippen LogP contribution in [0.2, 0.25) is 0 Å². The van der Waals surface area contributed by atoms with E-state index in [-0.39, 0.29) is 5.92 Å². The van der Waals surface area contributed by atoms with Crippen LogP contribution in [0.5, 0.6) is 0 Å². The SMILES string of the molecule is COC(=O)c1nc([C@@H]2CC[C@@H](C)NC2)oc1C. The first-order chi connectivity index (χ1) is 8.11. The highest BCUT2D eigenvalue weighted by Gasteiger charge is 2.26. The van der Waals surface area contributed by atoms with E-state index in [4.69, 9.17) is 4.42 Å². The quantitative estimate of drug-likeness (QED) is 0.793. The van der Waals surface area contributed by atoms with Crippen LogP contribution in [0.15, 0.2) is 4.42 Å². The van der Waals surface area contributed by atoms with Crippen LogP contribution in [-0.4, -0.2) is 30.6 Å². The Balaban J connectivity index is 2.14.